The third kappa shape index (κ3) is 4.75. The Labute approximate surface area is 117 Å². The zero-order valence-electron chi connectivity index (χ0n) is 11.6. The minimum Gasteiger partial charge on any atom is -0.476 e. The first-order valence-electron chi connectivity index (χ1n) is 6.47. The second-order valence-electron chi connectivity index (χ2n) is 4.27. The van der Waals surface area contributed by atoms with E-state index in [-0.39, 0.29) is 11.7 Å². The summed E-state index contributed by atoms with van der Waals surface area (Å²) < 4.78 is 1.63. The molecule has 0 aliphatic rings. The van der Waals surface area contributed by atoms with Crippen molar-refractivity contribution in [1.82, 2.24) is 19.8 Å². The highest BCUT2D eigenvalue weighted by molar-refractivity contribution is 5.84. The molecule has 0 saturated heterocycles. The molecule has 0 saturated carbocycles. The summed E-state index contributed by atoms with van der Waals surface area (Å²) in [5.74, 6) is -1.06. The lowest BCUT2D eigenvalue weighted by Gasteiger charge is -2.20. The van der Waals surface area contributed by atoms with E-state index in [4.69, 9.17) is 5.11 Å². The fourth-order valence-electron chi connectivity index (χ4n) is 1.70. The van der Waals surface area contributed by atoms with Crippen LogP contribution < -0.4 is 5.32 Å². The molecule has 20 heavy (non-hydrogen) atoms. The third-order valence-corrected chi connectivity index (χ3v) is 2.63. The van der Waals surface area contributed by atoms with Crippen molar-refractivity contribution in [2.45, 2.75) is 19.9 Å². The van der Waals surface area contributed by atoms with Crippen molar-refractivity contribution in [2.24, 2.45) is 0 Å². The van der Waals surface area contributed by atoms with Gasteiger partial charge in [0.2, 0.25) is 0 Å². The standard InChI is InChI=1S/C13H20N4O3/c1-3-6-17(7-4-2)13(20)14-5-8-16-9-11(12(18)19)15-10-16/h3,9-10H,1,4-8H2,2H3,(H,14,20)(H,18,19). The fraction of sp³-hybridized carbons (Fsp3) is 0.462. The minimum absolute atomic E-state index is 0.00408. The van der Waals surface area contributed by atoms with Crippen molar-refractivity contribution < 1.29 is 14.7 Å². The van der Waals surface area contributed by atoms with Gasteiger partial charge in [-0.05, 0) is 6.42 Å². The summed E-state index contributed by atoms with van der Waals surface area (Å²) in [6, 6.07) is -0.148. The van der Waals surface area contributed by atoms with Gasteiger partial charge in [-0.3, -0.25) is 0 Å². The maximum Gasteiger partial charge on any atom is 0.356 e. The SMILES string of the molecule is C=CCN(CCC)C(=O)NCCn1cnc(C(=O)O)c1. The van der Waals surface area contributed by atoms with Crippen LogP contribution in [0.5, 0.6) is 0 Å². The van der Waals surface area contributed by atoms with Crippen LogP contribution in [-0.2, 0) is 6.54 Å². The topological polar surface area (TPSA) is 87.5 Å². The van der Waals surface area contributed by atoms with Crippen LogP contribution in [0.1, 0.15) is 23.8 Å². The van der Waals surface area contributed by atoms with Crippen LogP contribution in [-0.4, -0.2) is 51.2 Å². The Morgan fingerprint density at radius 1 is 1.60 bits per heavy atom. The summed E-state index contributed by atoms with van der Waals surface area (Å²) in [6.45, 7) is 7.69. The van der Waals surface area contributed by atoms with Crippen molar-refractivity contribution in [2.75, 3.05) is 19.6 Å². The molecule has 0 aliphatic heterocycles. The maximum absolute atomic E-state index is 11.9. The first kappa shape index (κ1) is 15.7. The zero-order chi connectivity index (χ0) is 15.0. The van der Waals surface area contributed by atoms with Crippen LogP contribution in [0.15, 0.2) is 25.2 Å². The average molecular weight is 280 g/mol. The van der Waals surface area contributed by atoms with Gasteiger partial charge in [-0.25, -0.2) is 14.6 Å². The molecule has 0 bridgehead atoms. The van der Waals surface area contributed by atoms with Crippen molar-refractivity contribution in [3.05, 3.63) is 30.9 Å². The highest BCUT2D eigenvalue weighted by Crippen LogP contribution is 1.96. The number of rotatable bonds is 8. The van der Waals surface area contributed by atoms with Crippen molar-refractivity contribution in [3.63, 3.8) is 0 Å². The molecule has 2 amide bonds. The molecule has 7 heteroatoms. The highest BCUT2D eigenvalue weighted by Gasteiger charge is 2.10. The Hall–Kier alpha value is -2.31. The second kappa shape index (κ2) is 7.98. The van der Waals surface area contributed by atoms with Gasteiger partial charge in [-0.1, -0.05) is 13.0 Å². The number of nitrogens with zero attached hydrogens (tertiary/aromatic N) is 3. The van der Waals surface area contributed by atoms with E-state index in [0.29, 0.717) is 26.2 Å². The number of carbonyl (C=O) groups is 2. The molecule has 0 radical (unpaired) electrons. The molecule has 0 aromatic carbocycles. The smallest absolute Gasteiger partial charge is 0.356 e. The monoisotopic (exact) mass is 280 g/mol. The van der Waals surface area contributed by atoms with Gasteiger partial charge in [0.15, 0.2) is 5.69 Å². The van der Waals surface area contributed by atoms with Crippen LogP contribution in [0.25, 0.3) is 0 Å². The number of amides is 2. The largest absolute Gasteiger partial charge is 0.476 e. The average Bonchev–Trinajstić information content (AvgIpc) is 2.87. The van der Waals surface area contributed by atoms with Crippen molar-refractivity contribution in [3.8, 4) is 0 Å². The van der Waals surface area contributed by atoms with E-state index in [1.54, 1.807) is 15.5 Å². The molecule has 110 valence electrons. The number of imidazole rings is 1. The minimum atomic E-state index is -1.06. The number of hydrogen-bond acceptors (Lipinski definition) is 3. The molecule has 1 aromatic rings. The first-order chi connectivity index (χ1) is 9.58. The summed E-state index contributed by atoms with van der Waals surface area (Å²) in [5, 5.41) is 11.5. The molecule has 1 rings (SSSR count). The fourth-order valence-corrected chi connectivity index (χ4v) is 1.70. The van der Waals surface area contributed by atoms with E-state index >= 15 is 0 Å². The van der Waals surface area contributed by atoms with E-state index in [0.717, 1.165) is 6.42 Å². The lowest BCUT2D eigenvalue weighted by molar-refractivity contribution is 0.0691. The highest BCUT2D eigenvalue weighted by atomic mass is 16.4. The van der Waals surface area contributed by atoms with E-state index in [2.05, 4.69) is 16.9 Å². The number of nitrogens with one attached hydrogen (secondary N) is 1. The Morgan fingerprint density at radius 2 is 2.35 bits per heavy atom. The molecule has 7 nitrogen and oxygen atoms in total. The van der Waals surface area contributed by atoms with E-state index in [9.17, 15) is 9.59 Å². The summed E-state index contributed by atoms with van der Waals surface area (Å²) in [5.41, 5.74) is -0.00408. The van der Waals surface area contributed by atoms with Gasteiger partial charge in [0.1, 0.15) is 0 Å². The van der Waals surface area contributed by atoms with E-state index in [1.165, 1.54) is 12.5 Å². The van der Waals surface area contributed by atoms with E-state index < -0.39 is 5.97 Å². The first-order valence-corrected chi connectivity index (χ1v) is 6.47. The van der Waals surface area contributed by atoms with Gasteiger partial charge >= 0.3 is 12.0 Å². The molecule has 0 spiro atoms. The Kier molecular flexibility index (Phi) is 6.28. The van der Waals surface area contributed by atoms with Crippen molar-refractivity contribution in [1.29, 1.82) is 0 Å². The van der Waals surface area contributed by atoms with Gasteiger partial charge in [-0.15, -0.1) is 6.58 Å². The Morgan fingerprint density at radius 3 is 2.90 bits per heavy atom. The van der Waals surface area contributed by atoms with Crippen LogP contribution in [0.3, 0.4) is 0 Å². The van der Waals surface area contributed by atoms with Gasteiger partial charge in [0, 0.05) is 32.4 Å². The normalized spacial score (nSPS) is 10.1. The number of carboxylic acid groups (broad SMARTS) is 1. The molecule has 1 aromatic heterocycles. The quantitative estimate of drug-likeness (QED) is 0.700. The van der Waals surface area contributed by atoms with Crippen LogP contribution in [0.2, 0.25) is 0 Å². The maximum atomic E-state index is 11.9. The predicted molar refractivity (Wildman–Crippen MR) is 74.6 cm³/mol. The number of hydrogen-bond donors (Lipinski definition) is 2. The molecule has 0 aliphatic carbocycles. The Balaban J connectivity index is 2.39. The lowest BCUT2D eigenvalue weighted by atomic mass is 10.4. The molecule has 2 N–H and O–H groups in total. The number of carboxylic acids is 1. The number of urea groups is 1. The molecule has 0 atom stereocenters. The van der Waals surface area contributed by atoms with Gasteiger partial charge in [-0.2, -0.15) is 0 Å². The summed E-state index contributed by atoms with van der Waals surface area (Å²) >= 11 is 0. The van der Waals surface area contributed by atoms with Crippen LogP contribution in [0.4, 0.5) is 4.79 Å². The molecule has 0 fully saturated rings. The van der Waals surface area contributed by atoms with Crippen LogP contribution >= 0.6 is 0 Å². The molecule has 1 heterocycles. The molecular formula is C13H20N4O3. The van der Waals surface area contributed by atoms with Crippen LogP contribution in [0, 0.1) is 0 Å². The lowest BCUT2D eigenvalue weighted by Crippen LogP contribution is -2.41. The number of aromatic carboxylic acids is 1. The number of aromatic nitrogens is 2. The van der Waals surface area contributed by atoms with Gasteiger partial charge in [0.25, 0.3) is 0 Å². The zero-order valence-corrected chi connectivity index (χ0v) is 11.6. The predicted octanol–water partition coefficient (Wildman–Crippen LogP) is 1.19. The summed E-state index contributed by atoms with van der Waals surface area (Å²) in [4.78, 5) is 27.9. The summed E-state index contributed by atoms with van der Waals surface area (Å²) in [6.07, 6.45) is 5.43. The second-order valence-corrected chi connectivity index (χ2v) is 4.27. The number of carbonyl (C=O) groups excluding carboxylic acids is 1. The summed E-state index contributed by atoms with van der Waals surface area (Å²) in [7, 11) is 0. The van der Waals surface area contributed by atoms with Gasteiger partial charge < -0.3 is 19.9 Å². The molecule has 0 unspecified atom stereocenters. The Bertz CT molecular complexity index is 470. The molecular weight excluding hydrogens is 260 g/mol. The van der Waals surface area contributed by atoms with E-state index in [1.807, 2.05) is 6.92 Å². The van der Waals surface area contributed by atoms with Crippen molar-refractivity contribution >= 4 is 12.0 Å². The third-order valence-electron chi connectivity index (χ3n) is 2.63. The van der Waals surface area contributed by atoms with Gasteiger partial charge in [0.05, 0.1) is 6.33 Å².